The van der Waals surface area contributed by atoms with Gasteiger partial charge in [-0.15, -0.1) is 0 Å². The van der Waals surface area contributed by atoms with Crippen LogP contribution in [0, 0.1) is 0 Å². The van der Waals surface area contributed by atoms with E-state index in [-0.39, 0.29) is 12.2 Å². The second-order valence-electron chi connectivity index (χ2n) is 2.15. The lowest BCUT2D eigenvalue weighted by molar-refractivity contribution is -0.124. The van der Waals surface area contributed by atoms with E-state index in [0.717, 1.165) is 13.2 Å². The molecule has 0 aliphatic carbocycles. The molecule has 0 saturated carbocycles. The van der Waals surface area contributed by atoms with Crippen LogP contribution in [0.3, 0.4) is 0 Å². The third-order valence-electron chi connectivity index (χ3n) is 1.51. The van der Waals surface area contributed by atoms with Gasteiger partial charge in [-0.25, -0.2) is 0 Å². The van der Waals surface area contributed by atoms with E-state index in [0.29, 0.717) is 0 Å². The molecule has 0 amide bonds. The molecule has 1 aliphatic rings. The Kier molecular flexibility index (Phi) is 13.1. The van der Waals surface area contributed by atoms with Gasteiger partial charge in [0.1, 0.15) is 0 Å². The molecule has 2 atom stereocenters. The Morgan fingerprint density at radius 2 is 1.00 bits per heavy atom. The fraction of sp³-hybridized carbons (Fsp3) is 1.00. The predicted molar refractivity (Wildman–Crippen MR) is 53.5 cm³/mol. The molecule has 1 aliphatic heterocycles. The van der Waals surface area contributed by atoms with Crippen molar-refractivity contribution in [3.63, 3.8) is 0 Å². The van der Waals surface area contributed by atoms with E-state index in [1.165, 1.54) is 0 Å². The van der Waals surface area contributed by atoms with Gasteiger partial charge >= 0.3 is 0 Å². The lowest BCUT2D eigenvalue weighted by Crippen LogP contribution is -2.33. The topological polar surface area (TPSA) is 18.5 Å². The first-order chi connectivity index (χ1) is 5.80. The molecule has 12 heavy (non-hydrogen) atoms. The summed E-state index contributed by atoms with van der Waals surface area (Å²) in [5, 5.41) is 0. The summed E-state index contributed by atoms with van der Waals surface area (Å²) >= 11 is 0. The maximum absolute atomic E-state index is 5.27. The molecular weight excluding hydrogens is 152 g/mol. The van der Waals surface area contributed by atoms with E-state index in [1.54, 1.807) is 0 Å². The molecule has 2 unspecified atom stereocenters. The fourth-order valence-corrected chi connectivity index (χ4v) is 0.739. The number of hydrogen-bond donors (Lipinski definition) is 0. The van der Waals surface area contributed by atoms with Crippen LogP contribution in [-0.2, 0) is 9.47 Å². The average molecular weight is 176 g/mol. The van der Waals surface area contributed by atoms with E-state index >= 15 is 0 Å². The van der Waals surface area contributed by atoms with Crippen molar-refractivity contribution in [2.24, 2.45) is 0 Å². The van der Waals surface area contributed by atoms with Crippen LogP contribution in [0.1, 0.15) is 41.5 Å². The maximum atomic E-state index is 5.27. The minimum Gasteiger partial charge on any atom is -0.373 e. The second-order valence-corrected chi connectivity index (χ2v) is 2.15. The van der Waals surface area contributed by atoms with Crippen LogP contribution in [0.25, 0.3) is 0 Å². The zero-order valence-electron chi connectivity index (χ0n) is 9.39. The summed E-state index contributed by atoms with van der Waals surface area (Å²) in [5.41, 5.74) is 0. The van der Waals surface area contributed by atoms with Crippen LogP contribution < -0.4 is 0 Å². The number of hydrogen-bond acceptors (Lipinski definition) is 2. The monoisotopic (exact) mass is 176 g/mol. The molecule has 0 aromatic heterocycles. The third kappa shape index (κ3) is 6.62. The van der Waals surface area contributed by atoms with Crippen LogP contribution in [-0.4, -0.2) is 25.4 Å². The number of ether oxygens (including phenoxy) is 2. The summed E-state index contributed by atoms with van der Waals surface area (Å²) in [6, 6.07) is 0. The van der Waals surface area contributed by atoms with Crippen molar-refractivity contribution in [3.05, 3.63) is 0 Å². The smallest absolute Gasteiger partial charge is 0.0807 e. The highest BCUT2D eigenvalue weighted by Crippen LogP contribution is 2.07. The molecule has 76 valence electrons. The molecule has 0 aromatic rings. The first kappa shape index (κ1) is 14.4. The Bertz CT molecular complexity index is 64.2. The first-order valence-electron chi connectivity index (χ1n) is 5.04. The van der Waals surface area contributed by atoms with Crippen molar-refractivity contribution in [2.75, 3.05) is 13.2 Å². The molecule has 2 heteroatoms. The van der Waals surface area contributed by atoms with Crippen molar-refractivity contribution in [2.45, 2.75) is 53.8 Å². The van der Waals surface area contributed by atoms with Gasteiger partial charge in [0, 0.05) is 0 Å². The van der Waals surface area contributed by atoms with Crippen molar-refractivity contribution in [3.8, 4) is 0 Å². The maximum Gasteiger partial charge on any atom is 0.0807 e. The van der Waals surface area contributed by atoms with Gasteiger partial charge in [0.2, 0.25) is 0 Å². The van der Waals surface area contributed by atoms with Crippen LogP contribution in [0.15, 0.2) is 0 Å². The van der Waals surface area contributed by atoms with Crippen molar-refractivity contribution in [1.29, 1.82) is 0 Å². The van der Waals surface area contributed by atoms with Gasteiger partial charge in [0.15, 0.2) is 0 Å². The Balaban J connectivity index is 0. The summed E-state index contributed by atoms with van der Waals surface area (Å²) < 4.78 is 10.5. The zero-order valence-corrected chi connectivity index (χ0v) is 9.39. The van der Waals surface area contributed by atoms with E-state index in [9.17, 15) is 0 Å². The summed E-state index contributed by atoms with van der Waals surface area (Å²) in [7, 11) is 0. The molecule has 2 nitrogen and oxygen atoms in total. The van der Waals surface area contributed by atoms with Gasteiger partial charge < -0.3 is 9.47 Å². The van der Waals surface area contributed by atoms with Crippen molar-refractivity contribution >= 4 is 0 Å². The molecule has 1 heterocycles. The molecular formula is C10H24O2. The lowest BCUT2D eigenvalue weighted by Gasteiger charge is -2.25. The summed E-state index contributed by atoms with van der Waals surface area (Å²) in [4.78, 5) is 0. The quantitative estimate of drug-likeness (QED) is 0.565. The highest BCUT2D eigenvalue weighted by atomic mass is 16.6. The predicted octanol–water partition coefficient (Wildman–Crippen LogP) is 2.86. The van der Waals surface area contributed by atoms with E-state index in [2.05, 4.69) is 0 Å². The zero-order chi connectivity index (χ0) is 9.98. The van der Waals surface area contributed by atoms with Crippen LogP contribution >= 0.6 is 0 Å². The van der Waals surface area contributed by atoms with E-state index in [1.807, 2.05) is 41.5 Å². The van der Waals surface area contributed by atoms with E-state index < -0.39 is 0 Å². The van der Waals surface area contributed by atoms with Gasteiger partial charge in [-0.05, 0) is 13.8 Å². The Hall–Kier alpha value is -0.0800. The lowest BCUT2D eigenvalue weighted by atomic mass is 10.2. The SMILES string of the molecule is CC.CC.CC1OCCOC1C. The fourth-order valence-electron chi connectivity index (χ4n) is 0.739. The second kappa shape index (κ2) is 10.9. The first-order valence-corrected chi connectivity index (χ1v) is 5.04. The molecule has 0 radical (unpaired) electrons. The molecule has 1 fully saturated rings. The van der Waals surface area contributed by atoms with Gasteiger partial charge in [-0.2, -0.15) is 0 Å². The molecule has 0 aromatic carbocycles. The molecule has 1 saturated heterocycles. The summed E-state index contributed by atoms with van der Waals surface area (Å²) in [6.07, 6.45) is 0.562. The van der Waals surface area contributed by atoms with Crippen LogP contribution in [0.2, 0.25) is 0 Å². The van der Waals surface area contributed by atoms with Crippen LogP contribution in [0.4, 0.5) is 0 Å². The summed E-state index contributed by atoms with van der Waals surface area (Å²) in [6.45, 7) is 13.6. The van der Waals surface area contributed by atoms with E-state index in [4.69, 9.17) is 9.47 Å². The molecule has 0 bridgehead atoms. The highest BCUT2D eigenvalue weighted by Gasteiger charge is 2.16. The minimum atomic E-state index is 0.281. The van der Waals surface area contributed by atoms with Crippen molar-refractivity contribution in [1.82, 2.24) is 0 Å². The van der Waals surface area contributed by atoms with Gasteiger partial charge in [-0.3, -0.25) is 0 Å². The van der Waals surface area contributed by atoms with Crippen molar-refractivity contribution < 1.29 is 9.47 Å². The Labute approximate surface area is 77.3 Å². The molecule has 0 spiro atoms. The van der Waals surface area contributed by atoms with Crippen LogP contribution in [0.5, 0.6) is 0 Å². The average Bonchev–Trinajstić information content (AvgIpc) is 2.17. The Morgan fingerprint density at radius 3 is 1.17 bits per heavy atom. The third-order valence-corrected chi connectivity index (χ3v) is 1.51. The Morgan fingerprint density at radius 1 is 0.750 bits per heavy atom. The van der Waals surface area contributed by atoms with Gasteiger partial charge in [0.05, 0.1) is 25.4 Å². The summed E-state index contributed by atoms with van der Waals surface area (Å²) in [5.74, 6) is 0. The standard InChI is InChI=1S/C6H12O2.2C2H6/c1-5-6(2)8-4-3-7-5;2*1-2/h5-6H,3-4H2,1-2H3;2*1-2H3. The molecule has 0 N–H and O–H groups in total. The number of rotatable bonds is 0. The normalized spacial score (nSPS) is 27.5. The highest BCUT2D eigenvalue weighted by molar-refractivity contribution is 4.63. The molecule has 1 rings (SSSR count). The minimum absolute atomic E-state index is 0.281. The van der Waals surface area contributed by atoms with Gasteiger partial charge in [-0.1, -0.05) is 27.7 Å². The largest absolute Gasteiger partial charge is 0.373 e. The van der Waals surface area contributed by atoms with Gasteiger partial charge in [0.25, 0.3) is 0 Å².